The first-order valence-electron chi connectivity index (χ1n) is 2.99. The van der Waals surface area contributed by atoms with Crippen LogP contribution in [-0.2, 0) is 0 Å². The number of anilines is 2. The van der Waals surface area contributed by atoms with Gasteiger partial charge in [-0.15, -0.1) is 0 Å². The van der Waals surface area contributed by atoms with E-state index < -0.39 is 5.97 Å². The van der Waals surface area contributed by atoms with Gasteiger partial charge in [-0.1, -0.05) is 0 Å². The van der Waals surface area contributed by atoms with Crippen LogP contribution in [0.1, 0.15) is 10.4 Å². The minimum Gasteiger partial charge on any atom is -0.478 e. The number of nitrogen functional groups attached to an aromatic ring is 2. The summed E-state index contributed by atoms with van der Waals surface area (Å²) in [6, 6.07) is 4.30. The van der Waals surface area contributed by atoms with E-state index in [9.17, 15) is 4.79 Å². The third kappa shape index (κ3) is 2.41. The Morgan fingerprint density at radius 2 is 1.92 bits per heavy atom. The van der Waals surface area contributed by atoms with Crippen LogP contribution in [0.25, 0.3) is 0 Å². The van der Waals surface area contributed by atoms with Gasteiger partial charge in [-0.25, -0.2) is 4.79 Å². The van der Waals surface area contributed by atoms with Crippen molar-refractivity contribution in [3.63, 3.8) is 0 Å². The monoisotopic (exact) mass is 175 g/mol. The van der Waals surface area contributed by atoms with E-state index in [1.54, 1.807) is 0 Å². The molecule has 1 rings (SSSR count). The van der Waals surface area contributed by atoms with Gasteiger partial charge < -0.3 is 16.6 Å². The van der Waals surface area contributed by atoms with Crippen LogP contribution in [0.3, 0.4) is 0 Å². The zero-order valence-corrected chi connectivity index (χ0v) is 8.74. The van der Waals surface area contributed by atoms with Gasteiger partial charge in [0.1, 0.15) is 0 Å². The van der Waals surface area contributed by atoms with Crippen LogP contribution >= 0.6 is 0 Å². The molecule has 0 spiro atoms. The number of rotatable bonds is 1. The van der Waals surface area contributed by atoms with E-state index in [1.807, 2.05) is 0 Å². The van der Waals surface area contributed by atoms with Crippen molar-refractivity contribution in [2.45, 2.75) is 0 Å². The van der Waals surface area contributed by atoms with Gasteiger partial charge in [0.2, 0.25) is 0 Å². The maximum absolute atomic E-state index is 10.4. The maximum atomic E-state index is 10.4. The Bertz CT molecular complexity index is 301. The van der Waals surface area contributed by atoms with Crippen LogP contribution in [0.4, 0.5) is 11.4 Å². The van der Waals surface area contributed by atoms with Crippen molar-refractivity contribution in [2.24, 2.45) is 0 Å². The quantitative estimate of drug-likeness (QED) is 0.419. The van der Waals surface area contributed by atoms with Crippen molar-refractivity contribution in [3.8, 4) is 0 Å². The second kappa shape index (κ2) is 4.35. The summed E-state index contributed by atoms with van der Waals surface area (Å²) < 4.78 is 0. The van der Waals surface area contributed by atoms with E-state index in [2.05, 4.69) is 0 Å². The summed E-state index contributed by atoms with van der Waals surface area (Å²) in [5.74, 6) is -1.04. The molecular weight excluding hydrogens is 167 g/mol. The predicted octanol–water partition coefficient (Wildman–Crippen LogP) is 0.168. The molecule has 0 aromatic heterocycles. The molecule has 0 amide bonds. The summed E-state index contributed by atoms with van der Waals surface area (Å²) in [5.41, 5.74) is 11.5. The summed E-state index contributed by atoms with van der Waals surface area (Å²) in [4.78, 5) is 10.4. The fourth-order valence-electron chi connectivity index (χ4n) is 0.776. The van der Waals surface area contributed by atoms with Crippen molar-refractivity contribution in [1.29, 1.82) is 0 Å². The summed E-state index contributed by atoms with van der Waals surface area (Å²) >= 11 is 0. The Kier molecular flexibility index (Phi) is 4.09. The molecule has 0 atom stereocenters. The first-order valence-corrected chi connectivity index (χ1v) is 2.99. The van der Waals surface area contributed by atoms with Crippen molar-refractivity contribution in [2.75, 3.05) is 11.5 Å². The van der Waals surface area contributed by atoms with E-state index in [0.717, 1.165) is 0 Å². The Morgan fingerprint density at radius 3 is 2.33 bits per heavy atom. The van der Waals surface area contributed by atoms with Gasteiger partial charge in [-0.3, -0.25) is 0 Å². The van der Waals surface area contributed by atoms with Crippen LogP contribution in [0.5, 0.6) is 0 Å². The fraction of sp³-hybridized carbons (Fsp3) is 0. The Morgan fingerprint density at radius 1 is 1.33 bits per heavy atom. The topological polar surface area (TPSA) is 89.3 Å². The van der Waals surface area contributed by atoms with E-state index in [-0.39, 0.29) is 40.8 Å². The SMILES string of the molecule is Nc1ccc(C(=O)O)c(N)c1.[Na]. The molecule has 5 N–H and O–H groups in total. The molecule has 0 aliphatic rings. The van der Waals surface area contributed by atoms with Crippen LogP contribution < -0.4 is 11.5 Å². The number of carboxylic acid groups (broad SMARTS) is 1. The summed E-state index contributed by atoms with van der Waals surface area (Å²) in [6.45, 7) is 0. The van der Waals surface area contributed by atoms with Crippen molar-refractivity contribution in [3.05, 3.63) is 23.8 Å². The fourth-order valence-corrected chi connectivity index (χ4v) is 0.776. The summed E-state index contributed by atoms with van der Waals surface area (Å²) in [7, 11) is 0. The Balaban J connectivity index is 0.00000121. The maximum Gasteiger partial charge on any atom is 0.337 e. The number of aromatic carboxylic acids is 1. The number of nitrogens with two attached hydrogens (primary N) is 2. The van der Waals surface area contributed by atoms with Crippen LogP contribution in [0.15, 0.2) is 18.2 Å². The molecule has 4 nitrogen and oxygen atoms in total. The summed E-state index contributed by atoms with van der Waals surface area (Å²) in [6.07, 6.45) is 0. The van der Waals surface area contributed by atoms with Gasteiger partial charge in [0.15, 0.2) is 0 Å². The molecular formula is C7H8N2NaO2. The molecule has 0 fully saturated rings. The number of carboxylic acids is 1. The number of hydrogen-bond donors (Lipinski definition) is 3. The van der Waals surface area contributed by atoms with Crippen molar-refractivity contribution >= 4 is 46.9 Å². The third-order valence-electron chi connectivity index (χ3n) is 1.31. The first kappa shape index (κ1) is 11.3. The molecule has 0 heterocycles. The Labute approximate surface area is 91.8 Å². The second-order valence-electron chi connectivity index (χ2n) is 2.15. The van der Waals surface area contributed by atoms with Gasteiger partial charge >= 0.3 is 5.97 Å². The second-order valence-corrected chi connectivity index (χ2v) is 2.15. The first-order chi connectivity index (χ1) is 5.11. The number of benzene rings is 1. The van der Waals surface area contributed by atoms with E-state index in [1.165, 1.54) is 18.2 Å². The van der Waals surface area contributed by atoms with Gasteiger partial charge in [0.25, 0.3) is 0 Å². The van der Waals surface area contributed by atoms with Crippen molar-refractivity contribution < 1.29 is 9.90 Å². The molecule has 5 heteroatoms. The average molecular weight is 175 g/mol. The molecule has 0 unspecified atom stereocenters. The average Bonchev–Trinajstić information content (AvgIpc) is 1.85. The summed E-state index contributed by atoms with van der Waals surface area (Å²) in [5, 5.41) is 8.54. The minimum atomic E-state index is -1.04. The van der Waals surface area contributed by atoms with E-state index >= 15 is 0 Å². The van der Waals surface area contributed by atoms with E-state index in [0.29, 0.717) is 5.69 Å². The standard InChI is InChI=1S/C7H8N2O2.Na/c8-4-1-2-5(7(10)11)6(9)3-4;/h1-3H,8-9H2,(H,10,11);. The minimum absolute atomic E-state index is 0. The molecule has 0 saturated heterocycles. The van der Waals surface area contributed by atoms with E-state index in [4.69, 9.17) is 16.6 Å². The third-order valence-corrected chi connectivity index (χ3v) is 1.31. The smallest absolute Gasteiger partial charge is 0.337 e. The van der Waals surface area contributed by atoms with Crippen LogP contribution in [-0.4, -0.2) is 40.6 Å². The van der Waals surface area contributed by atoms with Gasteiger partial charge in [0.05, 0.1) is 5.56 Å². The van der Waals surface area contributed by atoms with Crippen LogP contribution in [0.2, 0.25) is 0 Å². The van der Waals surface area contributed by atoms with Gasteiger partial charge in [-0.05, 0) is 18.2 Å². The van der Waals surface area contributed by atoms with Gasteiger partial charge in [0, 0.05) is 40.9 Å². The molecule has 1 aromatic rings. The molecule has 12 heavy (non-hydrogen) atoms. The zero-order valence-electron chi connectivity index (χ0n) is 6.74. The normalized spacial score (nSPS) is 8.67. The zero-order chi connectivity index (χ0) is 8.43. The molecule has 0 bridgehead atoms. The molecule has 59 valence electrons. The molecule has 0 aliphatic heterocycles. The predicted molar refractivity (Wildman–Crippen MR) is 48.0 cm³/mol. The number of hydrogen-bond acceptors (Lipinski definition) is 3. The van der Waals surface area contributed by atoms with Gasteiger partial charge in [-0.2, -0.15) is 0 Å². The molecule has 0 aliphatic carbocycles. The van der Waals surface area contributed by atoms with Crippen molar-refractivity contribution in [1.82, 2.24) is 0 Å². The molecule has 1 aromatic carbocycles. The largest absolute Gasteiger partial charge is 0.478 e. The van der Waals surface area contributed by atoms with Crippen LogP contribution in [0, 0.1) is 0 Å². The molecule has 0 saturated carbocycles. The Hall–Kier alpha value is -0.710. The number of carbonyl (C=O) groups is 1. The molecule has 1 radical (unpaired) electrons.